The van der Waals surface area contributed by atoms with Crippen molar-refractivity contribution in [3.63, 3.8) is 0 Å². The van der Waals surface area contributed by atoms with E-state index in [2.05, 4.69) is 139 Å². The number of esters is 1. The second-order valence-corrected chi connectivity index (χ2v) is 34.0. The molecule has 30 nitrogen and oxygen atoms in total. The van der Waals surface area contributed by atoms with Gasteiger partial charge in [0.15, 0.2) is 16.9 Å². The van der Waals surface area contributed by atoms with Gasteiger partial charge < -0.3 is 65.4 Å². The van der Waals surface area contributed by atoms with Crippen LogP contribution in [0.2, 0.25) is 0 Å². The van der Waals surface area contributed by atoms with Crippen LogP contribution in [0.15, 0.2) is 139 Å². The first kappa shape index (κ1) is 96.4. The third-order valence-corrected chi connectivity index (χ3v) is 19.4. The van der Waals surface area contributed by atoms with Crippen molar-refractivity contribution in [1.29, 1.82) is 0 Å². The van der Waals surface area contributed by atoms with Gasteiger partial charge in [-0.15, -0.1) is 0 Å². The van der Waals surface area contributed by atoms with Crippen molar-refractivity contribution in [2.75, 3.05) is 5.73 Å². The predicted molar refractivity (Wildman–Crippen MR) is 479 cm³/mol. The fourth-order valence-corrected chi connectivity index (χ4v) is 11.3. The standard InChI is InChI=1S/C22H23N5O3.C18H23BN2O4.C18H15N5O3.C7H6BrN3.C4H7N3.C3H3BrO2.S4.S3.S2.H2S/c1-13-7-19-24-9-15(10-27(19)25-13)14-5-6-18-16(8-14)17(21(23)29)11-26(18)12-20(28)30-22(2,3)4;1-11(22)9-21-10-14(16(20)23)13-8-12(6-7-15(13)21)19-24-17(2,3)18(4,5)25-19;1-10-4-16-20-6-12(7-23(16)21-10)11-2-3-15-13(5-11)14(18(19)26)8-22(15)9-17(24)25;1-5-2-7-9-3-6(8)4-11(7)10-5;1-3-2-4(5)7-6-3;4-3(1-5)2-6;1-3-4-2;1-3-2;1-2;/h5-11H,12H2,1-4H3,(H2,23,29);6-8,10H,9H2,1-5H3,(H2,20,23);2-8H,9H2,1H3,(H2,19,26)(H,24,25);2-4H,1H3;2H,1H3,(H3,5,6,7);1-3H;;;;1H2. The number of H-pyrrole nitrogens is 1. The van der Waals surface area contributed by atoms with Gasteiger partial charge in [0.2, 0.25) is 0 Å². The average molecular weight is 1880 g/mol. The number of hydrogen-bond donors (Lipinski definition) is 6. The number of aryl methyl sites for hydroxylation is 4. The number of rotatable bonds is 14. The summed E-state index contributed by atoms with van der Waals surface area (Å²) in [5.74, 6) is -2.52. The molecular formula is C72H79BBr2N18O12S10. The van der Waals surface area contributed by atoms with Gasteiger partial charge in [0.25, 0.3) is 17.7 Å². The van der Waals surface area contributed by atoms with Crippen LogP contribution in [0.25, 0.3) is 71.9 Å². The Hall–Kier alpha value is -9.22. The summed E-state index contributed by atoms with van der Waals surface area (Å²) in [5.41, 5.74) is 33.8. The first-order valence-corrected chi connectivity index (χ1v) is 43.1. The number of amides is 3. The largest absolute Gasteiger partial charge is 0.494 e. The maximum absolute atomic E-state index is 12.3. The lowest BCUT2D eigenvalue weighted by Crippen LogP contribution is -2.41. The van der Waals surface area contributed by atoms with E-state index >= 15 is 0 Å². The van der Waals surface area contributed by atoms with Gasteiger partial charge in [0.1, 0.15) is 47.7 Å². The summed E-state index contributed by atoms with van der Waals surface area (Å²) in [7, 11) is 2.74. The van der Waals surface area contributed by atoms with E-state index in [1.54, 1.807) is 65.8 Å². The molecule has 10 aromatic heterocycles. The summed E-state index contributed by atoms with van der Waals surface area (Å²) >= 11 is 30.3. The van der Waals surface area contributed by atoms with Crippen molar-refractivity contribution >= 4 is 255 Å². The SMILES string of the molecule is CC(=O)Cn1cc(C(N)=O)c2cc(B3OC(C)(C)C(C)(C)O3)ccc21.Cc1cc(N)n[nH]1.Cc1cc2ncc(-c3ccc4c(c3)c(C(N)=O)cn4CC(=O)O)cn2n1.Cc1cc2ncc(-c3ccc4c(c3)c(C(N)=O)cn4CC(=O)OC(C)(C)C)cn2n1.Cc1cc2ncc(Br)cn2n1.O=CC(Br)C=O.S.S=S.S=S=S.S=S=S=S. The molecule has 606 valence electrons. The molecule has 14 rings (SSSR count). The van der Waals surface area contributed by atoms with E-state index in [0.29, 0.717) is 51.2 Å². The number of nitrogens with zero attached hydrogens (tertiary/aromatic N) is 13. The minimum atomic E-state index is -0.995. The Bertz CT molecular complexity index is 5810. The Morgan fingerprint density at radius 1 is 0.600 bits per heavy atom. The molecule has 115 heavy (non-hydrogen) atoms. The number of anilines is 1. The van der Waals surface area contributed by atoms with Gasteiger partial charge in [-0.3, -0.25) is 33.9 Å². The molecule has 1 saturated heterocycles. The zero-order chi connectivity index (χ0) is 84.9. The van der Waals surface area contributed by atoms with Crippen LogP contribution >= 0.6 is 45.4 Å². The number of aromatic amines is 1. The van der Waals surface area contributed by atoms with Gasteiger partial charge in [0, 0.05) is 223 Å². The Balaban J connectivity index is 0.000000257. The van der Waals surface area contributed by atoms with Gasteiger partial charge in [-0.2, -0.15) is 33.9 Å². The van der Waals surface area contributed by atoms with Crippen molar-refractivity contribution in [2.24, 2.45) is 17.2 Å². The van der Waals surface area contributed by atoms with E-state index in [0.717, 1.165) is 91.8 Å². The minimum Gasteiger partial charge on any atom is -0.480 e. The highest BCUT2D eigenvalue weighted by Crippen LogP contribution is 2.37. The van der Waals surface area contributed by atoms with Crippen molar-refractivity contribution in [3.05, 3.63) is 179 Å². The maximum atomic E-state index is 12.3. The number of aldehydes is 2. The fraction of sp³-hybridized carbons (Fsp3) is 0.264. The van der Waals surface area contributed by atoms with Crippen LogP contribution < -0.4 is 28.4 Å². The van der Waals surface area contributed by atoms with E-state index in [9.17, 15) is 38.4 Å². The lowest BCUT2D eigenvalue weighted by atomic mass is 9.78. The quantitative estimate of drug-likeness (QED) is 0.0194. The monoisotopic (exact) mass is 1880 g/mol. The third-order valence-electron chi connectivity index (χ3n) is 16.4. The van der Waals surface area contributed by atoms with Crippen molar-refractivity contribution in [1.82, 2.24) is 67.7 Å². The van der Waals surface area contributed by atoms with Gasteiger partial charge in [0.05, 0.1) is 56.0 Å². The number of benzene rings is 3. The van der Waals surface area contributed by atoms with Gasteiger partial charge >= 0.3 is 19.1 Å². The van der Waals surface area contributed by atoms with Crippen molar-refractivity contribution < 1.29 is 57.5 Å². The number of nitrogens with two attached hydrogens (primary N) is 4. The highest BCUT2D eigenvalue weighted by molar-refractivity contribution is 9.10. The molecule has 0 bridgehead atoms. The highest BCUT2D eigenvalue weighted by Gasteiger charge is 2.52. The first-order chi connectivity index (χ1) is 53.7. The van der Waals surface area contributed by atoms with E-state index in [4.69, 9.17) is 42.1 Å². The minimum absolute atomic E-state index is 0. The van der Waals surface area contributed by atoms with E-state index in [1.807, 2.05) is 161 Å². The number of aromatic nitrogens is 14. The first-order valence-electron chi connectivity index (χ1n) is 33.4. The Labute approximate surface area is 722 Å². The number of ketones is 1. The number of hydrogen-bond acceptors (Lipinski definition) is 25. The summed E-state index contributed by atoms with van der Waals surface area (Å²) in [6, 6.07) is 24.2. The molecule has 10 N–H and O–H groups in total. The number of halogens is 2. The van der Waals surface area contributed by atoms with Gasteiger partial charge in [-0.1, -0.05) is 40.2 Å². The number of primary amides is 3. The van der Waals surface area contributed by atoms with Crippen LogP contribution in [0.5, 0.6) is 0 Å². The van der Waals surface area contributed by atoms with E-state index in [-0.39, 0.29) is 50.4 Å². The molecule has 0 unspecified atom stereocenters. The second kappa shape index (κ2) is 43.7. The molecule has 0 spiro atoms. The fourth-order valence-electron chi connectivity index (χ4n) is 11.0. The lowest BCUT2D eigenvalue weighted by molar-refractivity contribution is -0.155. The molecular weight excluding hydrogens is 1800 g/mol. The Morgan fingerprint density at radius 2 is 0.983 bits per heavy atom. The van der Waals surface area contributed by atoms with Crippen LogP contribution in [-0.2, 0) is 151 Å². The Kier molecular flexibility index (Phi) is 36.6. The number of aliphatic carboxylic acids is 1. The topological polar surface area (TPSA) is 423 Å². The molecule has 1 aliphatic rings. The molecule has 3 aromatic carbocycles. The molecule has 43 heteroatoms. The summed E-state index contributed by atoms with van der Waals surface area (Å²) < 4.78 is 28.6. The zero-order valence-corrected chi connectivity index (χ0v) is 75.1. The summed E-state index contributed by atoms with van der Waals surface area (Å²) in [6.45, 7) is 22.5. The molecule has 13 aromatic rings. The molecule has 11 heterocycles. The maximum Gasteiger partial charge on any atom is 0.494 e. The number of nitrogen functional groups attached to an aromatic ring is 1. The summed E-state index contributed by atoms with van der Waals surface area (Å²) in [6.07, 6.45) is 16.6. The molecule has 1 fully saturated rings. The van der Waals surface area contributed by atoms with Crippen LogP contribution in [0.4, 0.5) is 5.82 Å². The third kappa shape index (κ3) is 26.9. The van der Waals surface area contributed by atoms with Crippen LogP contribution in [0, 0.1) is 27.7 Å². The number of carbonyl (C=O) groups is 8. The normalized spacial score (nSPS) is 12.0. The van der Waals surface area contributed by atoms with Crippen LogP contribution in [-0.4, -0.2) is 150 Å². The molecule has 0 aliphatic carbocycles. The Morgan fingerprint density at radius 3 is 1.32 bits per heavy atom. The number of carboxylic acid groups (broad SMARTS) is 1. The number of alkyl halides is 1. The summed E-state index contributed by atoms with van der Waals surface area (Å²) in [4.78, 5) is 102. The molecule has 0 atom stereocenters. The van der Waals surface area contributed by atoms with Crippen LogP contribution in [0.3, 0.4) is 0 Å². The molecule has 3 amide bonds. The molecule has 1 aliphatic heterocycles. The van der Waals surface area contributed by atoms with Gasteiger partial charge in [-0.05, 0) is 146 Å². The van der Waals surface area contributed by atoms with Gasteiger partial charge in [-0.25, -0.2) is 28.5 Å². The number of ether oxygens (including phenoxy) is 1. The summed E-state index contributed by atoms with van der Waals surface area (Å²) in [5, 5.41) is 30.3. The van der Waals surface area contributed by atoms with Crippen LogP contribution in [0.1, 0.15) is 109 Å². The lowest BCUT2D eigenvalue weighted by Gasteiger charge is -2.32. The van der Waals surface area contributed by atoms with E-state index < -0.39 is 52.4 Å². The number of nitrogens with one attached hydrogen (secondary N) is 1. The predicted octanol–water partition coefficient (Wildman–Crippen LogP) is 8.91. The second-order valence-electron chi connectivity index (χ2n) is 26.7. The average Bonchev–Trinajstić information content (AvgIpc) is 1.63. The smallest absolute Gasteiger partial charge is 0.480 e. The number of carbonyl (C=O) groups excluding carboxylic acids is 7. The van der Waals surface area contributed by atoms with Crippen molar-refractivity contribution in [2.45, 2.75) is 124 Å². The molecule has 0 radical (unpaired) electrons. The molecule has 0 saturated carbocycles. The highest BCUT2D eigenvalue weighted by atomic mass is 79.9. The van der Waals surface area contributed by atoms with E-state index in [1.165, 1.54) is 35.4 Å². The number of Topliss-reactive ketones (excluding diaryl/α,β-unsaturated/α-hetero) is 1. The number of fused-ring (bicyclic) bond motifs is 6. The van der Waals surface area contributed by atoms with Crippen molar-refractivity contribution in [3.8, 4) is 22.3 Å². The number of carboxylic acids is 1. The zero-order valence-electron chi connectivity index (χ0n) is 63.6.